The van der Waals surface area contributed by atoms with Gasteiger partial charge in [-0.2, -0.15) is 0 Å². The molecule has 0 aromatic carbocycles. The molecular weight excluding hydrogens is 254 g/mol. The van der Waals surface area contributed by atoms with E-state index in [-0.39, 0.29) is 5.69 Å². The Kier molecular flexibility index (Phi) is 4.11. The van der Waals surface area contributed by atoms with E-state index in [4.69, 9.17) is 14.3 Å². The lowest BCUT2D eigenvalue weighted by Crippen LogP contribution is -2.04. The fourth-order valence-corrected chi connectivity index (χ4v) is 2.15. The van der Waals surface area contributed by atoms with E-state index in [1.54, 1.807) is 0 Å². The number of aromatic carboxylic acids is 1. The molecule has 96 valence electrons. The summed E-state index contributed by atoms with van der Waals surface area (Å²) in [6, 6.07) is 3.71. The van der Waals surface area contributed by atoms with Gasteiger partial charge < -0.3 is 14.3 Å². The van der Waals surface area contributed by atoms with E-state index in [1.165, 1.54) is 11.3 Å². The molecule has 0 amide bonds. The van der Waals surface area contributed by atoms with Crippen molar-refractivity contribution in [1.29, 1.82) is 0 Å². The molecule has 0 aliphatic rings. The molecule has 18 heavy (non-hydrogen) atoms. The van der Waals surface area contributed by atoms with Crippen molar-refractivity contribution in [1.82, 2.24) is 4.98 Å². The Bertz CT molecular complexity index is 518. The third-order valence-electron chi connectivity index (χ3n) is 2.31. The number of carboxylic acids is 1. The van der Waals surface area contributed by atoms with Crippen molar-refractivity contribution in [3.63, 3.8) is 0 Å². The first kappa shape index (κ1) is 12.8. The minimum Gasteiger partial charge on any atom is -0.476 e. The van der Waals surface area contributed by atoms with Crippen molar-refractivity contribution in [2.24, 2.45) is 0 Å². The number of oxazole rings is 1. The van der Waals surface area contributed by atoms with E-state index in [1.807, 2.05) is 24.4 Å². The second-order valence-electron chi connectivity index (χ2n) is 3.52. The van der Waals surface area contributed by atoms with Crippen LogP contribution in [0.1, 0.15) is 23.2 Å². The summed E-state index contributed by atoms with van der Waals surface area (Å²) in [6.07, 6.45) is 0.411. The second-order valence-corrected chi connectivity index (χ2v) is 4.47. The van der Waals surface area contributed by atoms with Gasteiger partial charge in [0.1, 0.15) is 5.76 Å². The lowest BCUT2D eigenvalue weighted by atomic mass is 10.3. The summed E-state index contributed by atoms with van der Waals surface area (Å²) in [5, 5.41) is 11.0. The maximum Gasteiger partial charge on any atom is 0.358 e. The van der Waals surface area contributed by atoms with Crippen molar-refractivity contribution in [3.8, 4) is 10.8 Å². The third kappa shape index (κ3) is 2.77. The van der Waals surface area contributed by atoms with Gasteiger partial charge in [-0.05, 0) is 18.4 Å². The molecule has 2 aromatic heterocycles. The molecule has 2 aromatic rings. The number of carbonyl (C=O) groups is 1. The highest BCUT2D eigenvalue weighted by Crippen LogP contribution is 2.26. The number of aromatic nitrogens is 1. The van der Waals surface area contributed by atoms with Gasteiger partial charge in [0, 0.05) is 13.0 Å². The number of hydrogen-bond acceptors (Lipinski definition) is 5. The SMILES string of the molecule is CCOCCc1oc(-c2cccs2)nc1C(=O)O. The molecule has 2 heterocycles. The first-order chi connectivity index (χ1) is 8.72. The molecule has 0 radical (unpaired) electrons. The average molecular weight is 267 g/mol. The Morgan fingerprint density at radius 1 is 1.61 bits per heavy atom. The highest BCUT2D eigenvalue weighted by molar-refractivity contribution is 7.13. The molecule has 6 heteroatoms. The van der Waals surface area contributed by atoms with Gasteiger partial charge in [-0.3, -0.25) is 0 Å². The quantitative estimate of drug-likeness (QED) is 0.815. The van der Waals surface area contributed by atoms with Crippen molar-refractivity contribution in [2.75, 3.05) is 13.2 Å². The summed E-state index contributed by atoms with van der Waals surface area (Å²) >= 11 is 1.46. The van der Waals surface area contributed by atoms with Crippen LogP contribution >= 0.6 is 11.3 Å². The number of carboxylic acid groups (broad SMARTS) is 1. The minimum atomic E-state index is -1.08. The van der Waals surface area contributed by atoms with Crippen LogP contribution < -0.4 is 0 Å². The van der Waals surface area contributed by atoms with Crippen LogP contribution in [0.4, 0.5) is 0 Å². The van der Waals surface area contributed by atoms with Gasteiger partial charge in [0.05, 0.1) is 11.5 Å². The molecule has 5 nitrogen and oxygen atoms in total. The molecule has 0 saturated carbocycles. The maximum atomic E-state index is 11.1. The summed E-state index contributed by atoms with van der Waals surface area (Å²) < 4.78 is 10.7. The summed E-state index contributed by atoms with van der Waals surface area (Å²) in [5.41, 5.74) is -0.0295. The maximum absolute atomic E-state index is 11.1. The standard InChI is InChI=1S/C12H13NO4S/c1-2-16-6-5-8-10(12(14)15)13-11(17-8)9-4-3-7-18-9/h3-4,7H,2,5-6H2,1H3,(H,14,15). The van der Waals surface area contributed by atoms with Crippen molar-refractivity contribution >= 4 is 17.3 Å². The van der Waals surface area contributed by atoms with Crippen LogP contribution in [0.2, 0.25) is 0 Å². The molecule has 0 aliphatic carbocycles. The molecular formula is C12H13NO4S. The van der Waals surface area contributed by atoms with E-state index in [0.717, 1.165) is 4.88 Å². The highest BCUT2D eigenvalue weighted by Gasteiger charge is 2.20. The van der Waals surface area contributed by atoms with E-state index in [2.05, 4.69) is 4.98 Å². The molecule has 0 fully saturated rings. The van der Waals surface area contributed by atoms with E-state index < -0.39 is 5.97 Å². The Hall–Kier alpha value is -1.66. The van der Waals surface area contributed by atoms with Gasteiger partial charge in [-0.15, -0.1) is 11.3 Å². The fourth-order valence-electron chi connectivity index (χ4n) is 1.50. The first-order valence-corrected chi connectivity index (χ1v) is 6.45. The Labute approximate surface area is 108 Å². The van der Waals surface area contributed by atoms with Crippen LogP contribution in [0.3, 0.4) is 0 Å². The smallest absolute Gasteiger partial charge is 0.358 e. The zero-order chi connectivity index (χ0) is 13.0. The zero-order valence-electron chi connectivity index (χ0n) is 9.88. The zero-order valence-corrected chi connectivity index (χ0v) is 10.7. The van der Waals surface area contributed by atoms with Gasteiger partial charge in [-0.25, -0.2) is 9.78 Å². The van der Waals surface area contributed by atoms with Crippen LogP contribution in [-0.2, 0) is 11.2 Å². The lowest BCUT2D eigenvalue weighted by Gasteiger charge is -1.98. The van der Waals surface area contributed by atoms with Gasteiger partial charge in [0.15, 0.2) is 5.69 Å². The molecule has 0 aliphatic heterocycles. The Morgan fingerprint density at radius 2 is 2.44 bits per heavy atom. The number of rotatable bonds is 6. The highest BCUT2D eigenvalue weighted by atomic mass is 32.1. The molecule has 0 atom stereocenters. The van der Waals surface area contributed by atoms with E-state index >= 15 is 0 Å². The number of ether oxygens (including phenoxy) is 1. The van der Waals surface area contributed by atoms with Crippen LogP contribution in [0.5, 0.6) is 0 Å². The number of nitrogens with zero attached hydrogens (tertiary/aromatic N) is 1. The van der Waals surface area contributed by atoms with Crippen LogP contribution in [0.25, 0.3) is 10.8 Å². The topological polar surface area (TPSA) is 72.6 Å². The van der Waals surface area contributed by atoms with Crippen LogP contribution in [0, 0.1) is 0 Å². The minimum absolute atomic E-state index is 0.0295. The first-order valence-electron chi connectivity index (χ1n) is 5.57. The molecule has 2 rings (SSSR count). The predicted octanol–water partition coefficient (Wildman–Crippen LogP) is 2.68. The third-order valence-corrected chi connectivity index (χ3v) is 3.17. The molecule has 0 unspecified atom stereocenters. The van der Waals surface area contributed by atoms with Gasteiger partial charge in [0.25, 0.3) is 0 Å². The fraction of sp³-hybridized carbons (Fsp3) is 0.333. The van der Waals surface area contributed by atoms with Crippen molar-refractivity contribution in [2.45, 2.75) is 13.3 Å². The van der Waals surface area contributed by atoms with Gasteiger partial charge in [0.2, 0.25) is 5.89 Å². The molecule has 0 saturated heterocycles. The van der Waals surface area contributed by atoms with Crippen molar-refractivity contribution in [3.05, 3.63) is 29.0 Å². The van der Waals surface area contributed by atoms with Crippen molar-refractivity contribution < 1.29 is 19.1 Å². The predicted molar refractivity (Wildman–Crippen MR) is 67.0 cm³/mol. The monoisotopic (exact) mass is 267 g/mol. The average Bonchev–Trinajstić information content (AvgIpc) is 2.97. The molecule has 0 spiro atoms. The van der Waals surface area contributed by atoms with E-state index in [9.17, 15) is 4.79 Å². The summed E-state index contributed by atoms with van der Waals surface area (Å²) in [7, 11) is 0. The largest absolute Gasteiger partial charge is 0.476 e. The summed E-state index contributed by atoms with van der Waals surface area (Å²) in [6.45, 7) is 2.90. The van der Waals surface area contributed by atoms with Crippen LogP contribution in [0.15, 0.2) is 21.9 Å². The normalized spacial score (nSPS) is 10.7. The molecule has 0 bridgehead atoms. The van der Waals surface area contributed by atoms with Gasteiger partial charge in [-0.1, -0.05) is 6.07 Å². The molecule has 1 N–H and O–H groups in total. The summed E-state index contributed by atoms with van der Waals surface area (Å²) in [5.74, 6) is -0.360. The van der Waals surface area contributed by atoms with Gasteiger partial charge >= 0.3 is 5.97 Å². The van der Waals surface area contributed by atoms with E-state index in [0.29, 0.717) is 31.3 Å². The number of hydrogen-bond donors (Lipinski definition) is 1. The Morgan fingerprint density at radius 3 is 3.06 bits per heavy atom. The second kappa shape index (κ2) is 5.79. The Balaban J connectivity index is 2.24. The van der Waals surface area contributed by atoms with Crippen LogP contribution in [-0.4, -0.2) is 29.3 Å². The lowest BCUT2D eigenvalue weighted by molar-refractivity contribution is 0.0687. The summed E-state index contributed by atoms with van der Waals surface area (Å²) in [4.78, 5) is 15.9. The number of thiophene rings is 1.